The molecule has 2 nitrogen and oxygen atoms in total. The fourth-order valence-corrected chi connectivity index (χ4v) is 2.53. The summed E-state index contributed by atoms with van der Waals surface area (Å²) in [6.45, 7) is 2.02. The van der Waals surface area contributed by atoms with E-state index in [9.17, 15) is 4.39 Å². The minimum absolute atomic E-state index is 0.167. The van der Waals surface area contributed by atoms with Gasteiger partial charge in [-0.2, -0.15) is 0 Å². The van der Waals surface area contributed by atoms with Gasteiger partial charge in [-0.1, -0.05) is 51.8 Å². The van der Waals surface area contributed by atoms with Gasteiger partial charge in [0.2, 0.25) is 0 Å². The summed E-state index contributed by atoms with van der Waals surface area (Å²) in [5.41, 5.74) is 5.88. The first kappa shape index (κ1) is 13.2. The van der Waals surface area contributed by atoms with E-state index in [2.05, 4.69) is 27.4 Å². The van der Waals surface area contributed by atoms with Crippen molar-refractivity contribution in [1.29, 1.82) is 0 Å². The fraction of sp³-hybridized carbons (Fsp3) is 0.143. The maximum atomic E-state index is 13.1. The molecule has 0 aliphatic rings. The van der Waals surface area contributed by atoms with Gasteiger partial charge in [0.1, 0.15) is 5.82 Å². The smallest absolute Gasteiger partial charge is 0.124 e. The van der Waals surface area contributed by atoms with Gasteiger partial charge in [0, 0.05) is 4.47 Å². The Morgan fingerprint density at radius 3 is 2.61 bits per heavy atom. The number of nitrogens with one attached hydrogen (secondary N) is 1. The Morgan fingerprint density at radius 1 is 1.22 bits per heavy atom. The number of hydrazine groups is 1. The first-order valence-electron chi connectivity index (χ1n) is 5.59. The third-order valence-corrected chi connectivity index (χ3v) is 3.50. The van der Waals surface area contributed by atoms with Crippen LogP contribution in [0.3, 0.4) is 0 Å². The molecule has 1 unspecified atom stereocenters. The first-order chi connectivity index (χ1) is 8.61. The number of hydrogen-bond acceptors (Lipinski definition) is 2. The van der Waals surface area contributed by atoms with Crippen LogP contribution in [-0.4, -0.2) is 0 Å². The second kappa shape index (κ2) is 5.61. The monoisotopic (exact) mass is 308 g/mol. The number of hydrogen-bond donors (Lipinski definition) is 2. The van der Waals surface area contributed by atoms with Crippen molar-refractivity contribution in [2.75, 3.05) is 0 Å². The van der Waals surface area contributed by atoms with E-state index in [1.807, 2.05) is 25.1 Å². The highest BCUT2D eigenvalue weighted by atomic mass is 79.9. The molecule has 0 amide bonds. The molecule has 0 spiro atoms. The summed E-state index contributed by atoms with van der Waals surface area (Å²) in [5.74, 6) is 5.36. The van der Waals surface area contributed by atoms with Crippen LogP contribution in [0.25, 0.3) is 0 Å². The lowest BCUT2D eigenvalue weighted by atomic mass is 9.98. The van der Waals surface area contributed by atoms with Gasteiger partial charge in [-0.25, -0.2) is 9.82 Å². The van der Waals surface area contributed by atoms with E-state index in [1.165, 1.54) is 12.1 Å². The molecule has 0 radical (unpaired) electrons. The molecule has 0 fully saturated rings. The van der Waals surface area contributed by atoms with E-state index in [4.69, 9.17) is 5.84 Å². The molecule has 18 heavy (non-hydrogen) atoms. The Kier molecular flexibility index (Phi) is 4.11. The number of rotatable bonds is 3. The molecular weight excluding hydrogens is 295 g/mol. The lowest BCUT2D eigenvalue weighted by Crippen LogP contribution is -2.29. The molecule has 2 aromatic carbocycles. The Balaban J connectivity index is 2.45. The molecule has 0 saturated carbocycles. The van der Waals surface area contributed by atoms with Crippen molar-refractivity contribution in [3.8, 4) is 0 Å². The maximum Gasteiger partial charge on any atom is 0.124 e. The average Bonchev–Trinajstić information content (AvgIpc) is 2.33. The third-order valence-electron chi connectivity index (χ3n) is 2.82. The summed E-state index contributed by atoms with van der Waals surface area (Å²) in [5, 5.41) is 0. The summed E-state index contributed by atoms with van der Waals surface area (Å²) in [7, 11) is 0. The van der Waals surface area contributed by atoms with Gasteiger partial charge >= 0.3 is 0 Å². The zero-order valence-electron chi connectivity index (χ0n) is 9.95. The van der Waals surface area contributed by atoms with Crippen molar-refractivity contribution in [2.45, 2.75) is 13.0 Å². The molecule has 2 rings (SSSR count). The summed E-state index contributed by atoms with van der Waals surface area (Å²) in [6, 6.07) is 12.5. The van der Waals surface area contributed by atoms with Crippen LogP contribution in [0.1, 0.15) is 22.7 Å². The molecule has 2 aromatic rings. The summed E-state index contributed by atoms with van der Waals surface area (Å²) < 4.78 is 13.8. The van der Waals surface area contributed by atoms with Gasteiger partial charge in [-0.15, -0.1) is 0 Å². The van der Waals surface area contributed by atoms with Gasteiger partial charge in [0.05, 0.1) is 6.04 Å². The molecule has 0 aliphatic heterocycles. The first-order valence-corrected chi connectivity index (χ1v) is 6.39. The molecule has 0 aromatic heterocycles. The SMILES string of the molecule is Cc1cccc(C(NN)c2ccc(F)cc2Br)c1. The van der Waals surface area contributed by atoms with Crippen molar-refractivity contribution in [2.24, 2.45) is 5.84 Å². The van der Waals surface area contributed by atoms with E-state index >= 15 is 0 Å². The van der Waals surface area contributed by atoms with Gasteiger partial charge in [-0.3, -0.25) is 5.84 Å². The summed E-state index contributed by atoms with van der Waals surface area (Å²) in [4.78, 5) is 0. The number of benzene rings is 2. The second-order valence-electron chi connectivity index (χ2n) is 4.18. The predicted molar refractivity (Wildman–Crippen MR) is 74.4 cm³/mol. The highest BCUT2D eigenvalue weighted by Crippen LogP contribution is 2.29. The second-order valence-corrected chi connectivity index (χ2v) is 5.03. The van der Waals surface area contributed by atoms with Crippen molar-refractivity contribution in [3.63, 3.8) is 0 Å². The maximum absolute atomic E-state index is 13.1. The Morgan fingerprint density at radius 2 is 2.00 bits per heavy atom. The van der Waals surface area contributed by atoms with Crippen LogP contribution in [0.2, 0.25) is 0 Å². The van der Waals surface area contributed by atoms with Crippen LogP contribution in [0.15, 0.2) is 46.9 Å². The van der Waals surface area contributed by atoms with Crippen LogP contribution >= 0.6 is 15.9 Å². The zero-order chi connectivity index (χ0) is 13.1. The highest BCUT2D eigenvalue weighted by molar-refractivity contribution is 9.10. The topological polar surface area (TPSA) is 38.0 Å². The van der Waals surface area contributed by atoms with E-state index in [0.717, 1.165) is 16.7 Å². The standard InChI is InChI=1S/C14H14BrFN2/c1-9-3-2-4-10(7-9)14(18-17)12-6-5-11(16)8-13(12)15/h2-8,14,18H,17H2,1H3. The minimum Gasteiger partial charge on any atom is -0.271 e. The molecule has 4 heteroatoms. The molecular formula is C14H14BrFN2. The molecule has 0 bridgehead atoms. The van der Waals surface area contributed by atoms with Crippen LogP contribution in [0.5, 0.6) is 0 Å². The largest absolute Gasteiger partial charge is 0.271 e. The Labute approximate surface area is 114 Å². The van der Waals surface area contributed by atoms with Crippen molar-refractivity contribution >= 4 is 15.9 Å². The number of halogens is 2. The normalized spacial score (nSPS) is 12.4. The molecule has 0 aliphatic carbocycles. The summed E-state index contributed by atoms with van der Waals surface area (Å²) >= 11 is 3.37. The van der Waals surface area contributed by atoms with Crippen molar-refractivity contribution in [3.05, 3.63) is 69.4 Å². The van der Waals surface area contributed by atoms with Gasteiger partial charge in [0.25, 0.3) is 0 Å². The minimum atomic E-state index is -0.273. The summed E-state index contributed by atoms with van der Waals surface area (Å²) in [6.07, 6.45) is 0. The van der Waals surface area contributed by atoms with Crippen LogP contribution in [-0.2, 0) is 0 Å². The van der Waals surface area contributed by atoms with Crippen LogP contribution < -0.4 is 11.3 Å². The number of nitrogens with two attached hydrogens (primary N) is 1. The van der Waals surface area contributed by atoms with Crippen molar-refractivity contribution in [1.82, 2.24) is 5.43 Å². The Bertz CT molecular complexity index is 557. The van der Waals surface area contributed by atoms with E-state index in [0.29, 0.717) is 4.47 Å². The van der Waals surface area contributed by atoms with Crippen LogP contribution in [0.4, 0.5) is 4.39 Å². The highest BCUT2D eigenvalue weighted by Gasteiger charge is 2.15. The fourth-order valence-electron chi connectivity index (χ4n) is 1.95. The molecule has 0 saturated heterocycles. The lowest BCUT2D eigenvalue weighted by Gasteiger charge is -2.18. The van der Waals surface area contributed by atoms with Crippen LogP contribution in [0, 0.1) is 12.7 Å². The number of aryl methyl sites for hydroxylation is 1. The third kappa shape index (κ3) is 2.77. The molecule has 94 valence electrons. The molecule has 0 heterocycles. The lowest BCUT2D eigenvalue weighted by molar-refractivity contribution is 0.613. The van der Waals surface area contributed by atoms with Crippen molar-refractivity contribution < 1.29 is 4.39 Å². The quantitative estimate of drug-likeness (QED) is 0.673. The average molecular weight is 309 g/mol. The zero-order valence-corrected chi connectivity index (χ0v) is 11.5. The van der Waals surface area contributed by atoms with Gasteiger partial charge < -0.3 is 0 Å². The van der Waals surface area contributed by atoms with E-state index in [1.54, 1.807) is 6.07 Å². The predicted octanol–water partition coefficient (Wildman–Crippen LogP) is 3.45. The molecule has 3 N–H and O–H groups in total. The van der Waals surface area contributed by atoms with Gasteiger partial charge in [0.15, 0.2) is 0 Å². The van der Waals surface area contributed by atoms with E-state index < -0.39 is 0 Å². The Hall–Kier alpha value is -1.23. The van der Waals surface area contributed by atoms with Gasteiger partial charge in [-0.05, 0) is 30.2 Å². The van der Waals surface area contributed by atoms with E-state index in [-0.39, 0.29) is 11.9 Å². The molecule has 1 atom stereocenters.